The molecule has 1 saturated heterocycles. The van der Waals surface area contributed by atoms with Crippen molar-refractivity contribution >= 4 is 33.6 Å². The number of carbonyl (C=O) groups excluding carboxylic acids is 1. The highest BCUT2D eigenvalue weighted by Crippen LogP contribution is 2.24. The van der Waals surface area contributed by atoms with Gasteiger partial charge in [0.15, 0.2) is 0 Å². The van der Waals surface area contributed by atoms with E-state index in [9.17, 15) is 22.0 Å². The molecule has 0 aromatic heterocycles. The number of piperazine rings is 1. The average molecular weight is 457 g/mol. The monoisotopic (exact) mass is 456 g/mol. The summed E-state index contributed by atoms with van der Waals surface area (Å²) >= 11 is 5.97. The molecule has 1 aliphatic heterocycles. The lowest BCUT2D eigenvalue weighted by molar-refractivity contribution is -0.127. The lowest BCUT2D eigenvalue weighted by atomic mass is 10.2. The second kappa shape index (κ2) is 9.11. The second-order valence-corrected chi connectivity index (χ2v) is 8.87. The minimum absolute atomic E-state index is 0.000778. The predicted octanol–water partition coefficient (Wildman–Crippen LogP) is 3.17. The number of hydrogen-bond acceptors (Lipinski definition) is 4. The second-order valence-electron chi connectivity index (χ2n) is 6.52. The number of halogens is 3. The summed E-state index contributed by atoms with van der Waals surface area (Å²) in [4.78, 5) is 13.4. The lowest BCUT2D eigenvalue weighted by Crippen LogP contribution is -2.50. The summed E-state index contributed by atoms with van der Waals surface area (Å²) in [5.41, 5.74) is 0.631. The van der Waals surface area contributed by atoms with Gasteiger partial charge in [-0.2, -0.15) is 4.31 Å². The van der Waals surface area contributed by atoms with Crippen molar-refractivity contribution in [2.45, 2.75) is 4.90 Å². The van der Waals surface area contributed by atoms with Gasteiger partial charge in [-0.05, 0) is 36.4 Å². The minimum atomic E-state index is -4.12. The molecule has 0 radical (unpaired) electrons. The van der Waals surface area contributed by atoms with Crippen LogP contribution >= 0.6 is 11.6 Å². The van der Waals surface area contributed by atoms with E-state index in [0.717, 1.165) is 16.4 Å². The third-order valence-corrected chi connectivity index (χ3v) is 6.83. The normalized spacial score (nSPS) is 15.5. The van der Waals surface area contributed by atoms with Crippen LogP contribution in [0.2, 0.25) is 5.02 Å². The van der Waals surface area contributed by atoms with E-state index in [1.807, 2.05) is 0 Å². The highest BCUT2D eigenvalue weighted by molar-refractivity contribution is 7.89. The Morgan fingerprint density at radius 2 is 1.80 bits per heavy atom. The first-order valence-corrected chi connectivity index (χ1v) is 10.8. The molecule has 30 heavy (non-hydrogen) atoms. The number of methoxy groups -OCH3 is 1. The molecular formula is C20H19ClF2N2O4S. The van der Waals surface area contributed by atoms with Gasteiger partial charge in [0.05, 0.1) is 7.11 Å². The molecule has 0 bridgehead atoms. The Balaban J connectivity index is 1.66. The Morgan fingerprint density at radius 1 is 1.10 bits per heavy atom. The SMILES string of the molecule is COc1ccc(Cl)cc1C=CC(=O)N1CCN(S(=O)(=O)c2ccc(F)cc2F)CC1. The molecule has 0 spiro atoms. The fourth-order valence-electron chi connectivity index (χ4n) is 3.07. The quantitative estimate of drug-likeness (QED) is 0.648. The number of benzene rings is 2. The molecule has 10 heteroatoms. The number of sulfonamides is 1. The average Bonchev–Trinajstić information content (AvgIpc) is 2.72. The number of hydrogen-bond donors (Lipinski definition) is 0. The van der Waals surface area contributed by atoms with Gasteiger partial charge in [0.1, 0.15) is 22.3 Å². The van der Waals surface area contributed by atoms with E-state index >= 15 is 0 Å². The number of amides is 1. The zero-order valence-corrected chi connectivity index (χ0v) is 17.6. The first kappa shape index (κ1) is 22.2. The molecule has 0 saturated carbocycles. The van der Waals surface area contributed by atoms with Crippen molar-refractivity contribution in [1.29, 1.82) is 0 Å². The fourth-order valence-corrected chi connectivity index (χ4v) is 4.72. The van der Waals surface area contributed by atoms with E-state index in [4.69, 9.17) is 16.3 Å². The molecule has 0 atom stereocenters. The maximum Gasteiger partial charge on any atom is 0.246 e. The Hall–Kier alpha value is -2.49. The molecule has 0 aliphatic carbocycles. The number of nitrogens with zero attached hydrogens (tertiary/aromatic N) is 2. The lowest BCUT2D eigenvalue weighted by Gasteiger charge is -2.33. The van der Waals surface area contributed by atoms with Crippen LogP contribution in [0.4, 0.5) is 8.78 Å². The van der Waals surface area contributed by atoms with E-state index in [1.54, 1.807) is 24.3 Å². The molecule has 1 fully saturated rings. The number of carbonyl (C=O) groups is 1. The third-order valence-electron chi connectivity index (χ3n) is 4.66. The van der Waals surface area contributed by atoms with Crippen molar-refractivity contribution < 1.29 is 26.7 Å². The molecule has 1 aliphatic rings. The van der Waals surface area contributed by atoms with Crippen LogP contribution in [0.15, 0.2) is 47.4 Å². The maximum absolute atomic E-state index is 13.9. The molecule has 0 unspecified atom stereocenters. The van der Waals surface area contributed by atoms with E-state index in [0.29, 0.717) is 22.4 Å². The van der Waals surface area contributed by atoms with Crippen LogP contribution in [0.5, 0.6) is 5.75 Å². The smallest absolute Gasteiger partial charge is 0.246 e. The summed E-state index contributed by atoms with van der Waals surface area (Å²) in [7, 11) is -2.62. The fraction of sp³-hybridized carbons (Fsp3) is 0.250. The van der Waals surface area contributed by atoms with Crippen LogP contribution in [0, 0.1) is 11.6 Å². The summed E-state index contributed by atoms with van der Waals surface area (Å²) in [6.45, 7) is 0.272. The molecular weight excluding hydrogens is 438 g/mol. The zero-order chi connectivity index (χ0) is 21.9. The van der Waals surface area contributed by atoms with Crippen molar-refractivity contribution in [1.82, 2.24) is 9.21 Å². The van der Waals surface area contributed by atoms with Gasteiger partial charge < -0.3 is 9.64 Å². The maximum atomic E-state index is 13.9. The van der Waals surface area contributed by atoms with Crippen LogP contribution in [-0.4, -0.2) is 56.8 Å². The van der Waals surface area contributed by atoms with Gasteiger partial charge in [0.25, 0.3) is 0 Å². The summed E-state index contributed by atoms with van der Waals surface area (Å²) < 4.78 is 58.6. The van der Waals surface area contributed by atoms with Crippen LogP contribution in [-0.2, 0) is 14.8 Å². The largest absolute Gasteiger partial charge is 0.496 e. The Morgan fingerprint density at radius 3 is 2.43 bits per heavy atom. The molecule has 6 nitrogen and oxygen atoms in total. The summed E-state index contributed by atoms with van der Waals surface area (Å²) in [6.07, 6.45) is 2.93. The van der Waals surface area contributed by atoms with Crippen molar-refractivity contribution in [2.24, 2.45) is 0 Å². The molecule has 1 heterocycles. The summed E-state index contributed by atoms with van der Waals surface area (Å²) in [5, 5.41) is 0.495. The first-order chi connectivity index (χ1) is 14.2. The van der Waals surface area contributed by atoms with Crippen LogP contribution < -0.4 is 4.74 Å². The molecule has 160 valence electrons. The molecule has 1 amide bonds. The number of rotatable bonds is 5. The van der Waals surface area contributed by atoms with E-state index in [-0.39, 0.29) is 32.1 Å². The Bertz CT molecular complexity index is 1080. The van der Waals surface area contributed by atoms with E-state index in [2.05, 4.69) is 0 Å². The molecule has 2 aromatic rings. The van der Waals surface area contributed by atoms with Crippen LogP contribution in [0.1, 0.15) is 5.56 Å². The van der Waals surface area contributed by atoms with Crippen LogP contribution in [0.3, 0.4) is 0 Å². The van der Waals surface area contributed by atoms with Crippen molar-refractivity contribution in [3.63, 3.8) is 0 Å². The van der Waals surface area contributed by atoms with Gasteiger partial charge in [-0.25, -0.2) is 17.2 Å². The van der Waals surface area contributed by atoms with Gasteiger partial charge >= 0.3 is 0 Å². The van der Waals surface area contributed by atoms with Crippen molar-refractivity contribution in [2.75, 3.05) is 33.3 Å². The van der Waals surface area contributed by atoms with Crippen LogP contribution in [0.25, 0.3) is 6.08 Å². The summed E-state index contributed by atoms with van der Waals surface area (Å²) in [6, 6.07) is 7.34. The summed E-state index contributed by atoms with van der Waals surface area (Å²) in [5.74, 6) is -1.75. The first-order valence-electron chi connectivity index (χ1n) is 8.98. The third kappa shape index (κ3) is 4.80. The highest BCUT2D eigenvalue weighted by atomic mass is 35.5. The molecule has 0 N–H and O–H groups in total. The standard InChI is InChI=1S/C20H19ClF2N2O4S/c1-29-18-5-3-15(21)12-14(18)2-7-20(26)24-8-10-25(11-9-24)30(27,28)19-6-4-16(22)13-17(19)23/h2-7,12-13H,8-11H2,1H3. The van der Waals surface area contributed by atoms with Crippen molar-refractivity contribution in [3.8, 4) is 5.75 Å². The van der Waals surface area contributed by atoms with Gasteiger partial charge in [-0.3, -0.25) is 4.79 Å². The Kier molecular flexibility index (Phi) is 6.74. The number of ether oxygens (including phenoxy) is 1. The van der Waals surface area contributed by atoms with Gasteiger partial charge in [0, 0.05) is 48.9 Å². The van der Waals surface area contributed by atoms with Gasteiger partial charge in [-0.1, -0.05) is 11.6 Å². The highest BCUT2D eigenvalue weighted by Gasteiger charge is 2.31. The zero-order valence-electron chi connectivity index (χ0n) is 16.0. The topological polar surface area (TPSA) is 66.9 Å². The minimum Gasteiger partial charge on any atom is -0.496 e. The Labute approximate surface area is 178 Å². The van der Waals surface area contributed by atoms with Gasteiger partial charge in [-0.15, -0.1) is 0 Å². The van der Waals surface area contributed by atoms with E-state index < -0.39 is 26.6 Å². The molecule has 2 aromatic carbocycles. The predicted molar refractivity (Wildman–Crippen MR) is 109 cm³/mol. The van der Waals surface area contributed by atoms with E-state index in [1.165, 1.54) is 18.1 Å². The van der Waals surface area contributed by atoms with Gasteiger partial charge in [0.2, 0.25) is 15.9 Å². The van der Waals surface area contributed by atoms with Crippen molar-refractivity contribution in [3.05, 3.63) is 64.7 Å². The molecule has 3 rings (SSSR count).